The fourth-order valence-electron chi connectivity index (χ4n) is 2.52. The van der Waals surface area contributed by atoms with Gasteiger partial charge in [0.05, 0.1) is 5.75 Å². The first-order valence-corrected chi connectivity index (χ1v) is 8.47. The number of rotatable bonds is 6. The summed E-state index contributed by atoms with van der Waals surface area (Å²) in [6.45, 7) is 3.40. The molecule has 19 heavy (non-hydrogen) atoms. The Labute approximate surface area is 114 Å². The van der Waals surface area contributed by atoms with Gasteiger partial charge in [-0.1, -0.05) is 19.1 Å². The minimum Gasteiger partial charge on any atom is -0.315 e. The van der Waals surface area contributed by atoms with Crippen LogP contribution < -0.4 is 5.32 Å². The first-order chi connectivity index (χ1) is 8.97. The second kappa shape index (κ2) is 5.59. The van der Waals surface area contributed by atoms with Gasteiger partial charge in [0.25, 0.3) is 0 Å². The quantitative estimate of drug-likeness (QED) is 0.868. The summed E-state index contributed by atoms with van der Waals surface area (Å²) in [5.74, 6) is 0.199. The van der Waals surface area contributed by atoms with Crippen molar-refractivity contribution >= 4 is 9.84 Å². The van der Waals surface area contributed by atoms with Gasteiger partial charge in [-0.05, 0) is 30.5 Å². The molecule has 0 aromatic heterocycles. The molecule has 0 atom stereocenters. The number of nitrogens with one attached hydrogen (secondary N) is 1. The molecule has 1 heterocycles. The van der Waals surface area contributed by atoms with Crippen molar-refractivity contribution in [2.24, 2.45) is 0 Å². The van der Waals surface area contributed by atoms with Crippen LogP contribution in [0.2, 0.25) is 0 Å². The SMILES string of the molecule is CCCS(=O)(=O)CCC1(c2ccc(F)cc2)CNC1. The first kappa shape index (κ1) is 14.5. The molecule has 2 rings (SSSR count). The van der Waals surface area contributed by atoms with Crippen molar-refractivity contribution in [1.29, 1.82) is 0 Å². The Morgan fingerprint density at radius 2 is 1.84 bits per heavy atom. The van der Waals surface area contributed by atoms with Crippen LogP contribution in [-0.4, -0.2) is 33.0 Å². The fourth-order valence-corrected chi connectivity index (χ4v) is 4.05. The van der Waals surface area contributed by atoms with E-state index in [-0.39, 0.29) is 22.7 Å². The summed E-state index contributed by atoms with van der Waals surface area (Å²) in [6, 6.07) is 6.41. The molecule has 0 bridgehead atoms. The van der Waals surface area contributed by atoms with E-state index in [1.807, 2.05) is 6.92 Å². The van der Waals surface area contributed by atoms with Gasteiger partial charge in [0.15, 0.2) is 0 Å². The molecule has 0 amide bonds. The average molecular weight is 285 g/mol. The van der Waals surface area contributed by atoms with Crippen LogP contribution in [0, 0.1) is 5.82 Å². The predicted molar refractivity (Wildman–Crippen MR) is 74.5 cm³/mol. The lowest BCUT2D eigenvalue weighted by Crippen LogP contribution is -2.57. The molecule has 0 unspecified atom stereocenters. The van der Waals surface area contributed by atoms with Crippen LogP contribution in [0.5, 0.6) is 0 Å². The zero-order chi connectivity index (χ0) is 13.9. The minimum absolute atomic E-state index is 0.144. The zero-order valence-corrected chi connectivity index (χ0v) is 12.0. The Hall–Kier alpha value is -0.940. The Morgan fingerprint density at radius 3 is 2.32 bits per heavy atom. The van der Waals surface area contributed by atoms with E-state index < -0.39 is 9.84 Å². The van der Waals surface area contributed by atoms with Crippen LogP contribution in [0.4, 0.5) is 4.39 Å². The number of hydrogen-bond donors (Lipinski definition) is 1. The molecular formula is C14H20FNO2S. The van der Waals surface area contributed by atoms with Crippen LogP contribution in [0.1, 0.15) is 25.3 Å². The lowest BCUT2D eigenvalue weighted by atomic mass is 9.73. The van der Waals surface area contributed by atoms with Crippen molar-refractivity contribution in [3.63, 3.8) is 0 Å². The van der Waals surface area contributed by atoms with Gasteiger partial charge in [-0.2, -0.15) is 0 Å². The third kappa shape index (κ3) is 3.34. The van der Waals surface area contributed by atoms with Crippen LogP contribution in [-0.2, 0) is 15.3 Å². The van der Waals surface area contributed by atoms with Gasteiger partial charge < -0.3 is 5.32 Å². The number of hydrogen-bond acceptors (Lipinski definition) is 3. The summed E-state index contributed by atoms with van der Waals surface area (Å²) in [5, 5.41) is 3.19. The van der Waals surface area contributed by atoms with E-state index in [1.165, 1.54) is 12.1 Å². The highest BCUT2D eigenvalue weighted by Crippen LogP contribution is 2.32. The summed E-state index contributed by atoms with van der Waals surface area (Å²) in [5.41, 5.74) is 0.883. The van der Waals surface area contributed by atoms with Crippen LogP contribution in [0.3, 0.4) is 0 Å². The maximum Gasteiger partial charge on any atom is 0.150 e. The second-order valence-corrected chi connectivity index (χ2v) is 7.60. The molecule has 1 saturated heterocycles. The lowest BCUT2D eigenvalue weighted by Gasteiger charge is -2.43. The van der Waals surface area contributed by atoms with Crippen LogP contribution in [0.15, 0.2) is 24.3 Å². The third-order valence-corrected chi connectivity index (χ3v) is 5.65. The Kier molecular flexibility index (Phi) is 4.26. The van der Waals surface area contributed by atoms with Crippen molar-refractivity contribution in [1.82, 2.24) is 5.32 Å². The van der Waals surface area contributed by atoms with Crippen LogP contribution in [0.25, 0.3) is 0 Å². The van der Waals surface area contributed by atoms with Crippen molar-refractivity contribution < 1.29 is 12.8 Å². The van der Waals surface area contributed by atoms with E-state index in [4.69, 9.17) is 0 Å². The largest absolute Gasteiger partial charge is 0.315 e. The van der Waals surface area contributed by atoms with Crippen molar-refractivity contribution in [2.75, 3.05) is 24.6 Å². The molecule has 0 saturated carbocycles. The van der Waals surface area contributed by atoms with Gasteiger partial charge in [-0.15, -0.1) is 0 Å². The minimum atomic E-state index is -2.96. The molecule has 1 aromatic carbocycles. The highest BCUT2D eigenvalue weighted by atomic mass is 32.2. The lowest BCUT2D eigenvalue weighted by molar-refractivity contribution is 0.268. The number of sulfone groups is 1. The molecule has 1 aromatic rings. The molecule has 1 N–H and O–H groups in total. The fraction of sp³-hybridized carbons (Fsp3) is 0.571. The Balaban J connectivity index is 2.09. The molecule has 5 heteroatoms. The smallest absolute Gasteiger partial charge is 0.150 e. The van der Waals surface area contributed by atoms with E-state index in [2.05, 4.69) is 5.32 Å². The normalized spacial score (nSPS) is 18.0. The van der Waals surface area contributed by atoms with Crippen LogP contribution >= 0.6 is 0 Å². The summed E-state index contributed by atoms with van der Waals surface area (Å²) in [7, 11) is -2.96. The topological polar surface area (TPSA) is 46.2 Å². The summed E-state index contributed by atoms with van der Waals surface area (Å²) < 4.78 is 36.6. The standard InChI is InChI=1S/C14H20FNO2S/c1-2-8-19(17,18)9-7-14(10-16-11-14)12-3-5-13(15)6-4-12/h3-6,16H,2,7-11H2,1H3. The number of halogens is 1. The molecule has 0 radical (unpaired) electrons. The molecule has 106 valence electrons. The third-order valence-electron chi connectivity index (χ3n) is 3.79. The zero-order valence-electron chi connectivity index (χ0n) is 11.2. The first-order valence-electron chi connectivity index (χ1n) is 6.65. The Morgan fingerprint density at radius 1 is 1.21 bits per heavy atom. The van der Waals surface area contributed by atoms with E-state index in [0.717, 1.165) is 18.7 Å². The highest BCUT2D eigenvalue weighted by molar-refractivity contribution is 7.91. The summed E-state index contributed by atoms with van der Waals surface area (Å²) in [6.07, 6.45) is 1.26. The average Bonchev–Trinajstić information content (AvgIpc) is 2.29. The number of benzene rings is 1. The van der Waals surface area contributed by atoms with Crippen molar-refractivity contribution in [3.05, 3.63) is 35.6 Å². The van der Waals surface area contributed by atoms with Gasteiger partial charge in [0, 0.05) is 24.3 Å². The highest BCUT2D eigenvalue weighted by Gasteiger charge is 2.39. The molecule has 0 spiro atoms. The van der Waals surface area contributed by atoms with Crippen molar-refractivity contribution in [2.45, 2.75) is 25.2 Å². The molecule has 1 aliphatic heterocycles. The van der Waals surface area contributed by atoms with Gasteiger partial charge >= 0.3 is 0 Å². The second-order valence-electron chi connectivity index (χ2n) is 5.29. The van der Waals surface area contributed by atoms with E-state index in [0.29, 0.717) is 12.8 Å². The monoisotopic (exact) mass is 285 g/mol. The molecule has 1 aliphatic rings. The predicted octanol–water partition coefficient (Wildman–Crippen LogP) is 1.88. The van der Waals surface area contributed by atoms with E-state index >= 15 is 0 Å². The van der Waals surface area contributed by atoms with Gasteiger partial charge in [0.2, 0.25) is 0 Å². The molecule has 1 fully saturated rings. The maximum atomic E-state index is 13.0. The van der Waals surface area contributed by atoms with Gasteiger partial charge in [-0.25, -0.2) is 12.8 Å². The van der Waals surface area contributed by atoms with Gasteiger partial charge in [-0.3, -0.25) is 0 Å². The molecule has 0 aliphatic carbocycles. The molecule has 3 nitrogen and oxygen atoms in total. The Bertz CT molecular complexity index is 521. The van der Waals surface area contributed by atoms with Gasteiger partial charge in [0.1, 0.15) is 15.7 Å². The van der Waals surface area contributed by atoms with E-state index in [1.54, 1.807) is 12.1 Å². The van der Waals surface area contributed by atoms with Crippen molar-refractivity contribution in [3.8, 4) is 0 Å². The summed E-state index contributed by atoms with van der Waals surface area (Å²) in [4.78, 5) is 0. The molecular weight excluding hydrogens is 265 g/mol. The summed E-state index contributed by atoms with van der Waals surface area (Å²) >= 11 is 0. The van der Waals surface area contributed by atoms with E-state index in [9.17, 15) is 12.8 Å². The maximum absolute atomic E-state index is 13.0.